The number of hydrogen-bond donors (Lipinski definition) is 2. The molecule has 0 aromatic carbocycles. The molecule has 0 bridgehead atoms. The molecule has 2 aliphatic rings. The summed E-state index contributed by atoms with van der Waals surface area (Å²) >= 11 is 0. The summed E-state index contributed by atoms with van der Waals surface area (Å²) < 4.78 is 0. The van der Waals surface area contributed by atoms with Gasteiger partial charge in [0.2, 0.25) is 5.91 Å². The molecule has 0 aromatic rings. The molecule has 1 aliphatic carbocycles. The minimum atomic E-state index is 0.183. The molecule has 4 heteroatoms. The predicted octanol–water partition coefficient (Wildman–Crippen LogP) is 0.572. The Morgan fingerprint density at radius 1 is 1.47 bits per heavy atom. The summed E-state index contributed by atoms with van der Waals surface area (Å²) in [5.74, 6) is 1.50. The van der Waals surface area contributed by atoms with Gasteiger partial charge in [0.15, 0.2) is 0 Å². The third-order valence-electron chi connectivity index (χ3n) is 3.94. The number of likely N-dealkylation sites (tertiary alicyclic amines) is 1. The fraction of sp³-hybridized carbons (Fsp3) is 0.923. The van der Waals surface area contributed by atoms with E-state index in [-0.39, 0.29) is 11.9 Å². The molecule has 98 valence electrons. The van der Waals surface area contributed by atoms with Gasteiger partial charge in [-0.1, -0.05) is 0 Å². The minimum Gasteiger partial charge on any atom is -0.355 e. The molecule has 2 rings (SSSR count). The van der Waals surface area contributed by atoms with Gasteiger partial charge in [-0.15, -0.1) is 0 Å². The minimum absolute atomic E-state index is 0.183. The van der Waals surface area contributed by atoms with Crippen LogP contribution in [-0.2, 0) is 4.79 Å². The lowest BCUT2D eigenvalue weighted by atomic mass is 9.92. The lowest BCUT2D eigenvalue weighted by Gasteiger charge is -2.34. The number of hydrogen-bond acceptors (Lipinski definition) is 3. The summed E-state index contributed by atoms with van der Waals surface area (Å²) in [5.41, 5.74) is 5.94. The molecular weight excluding hydrogens is 214 g/mol. The molecule has 4 nitrogen and oxygen atoms in total. The van der Waals surface area contributed by atoms with E-state index in [1.807, 2.05) is 0 Å². The fourth-order valence-electron chi connectivity index (χ4n) is 2.50. The number of nitrogens with one attached hydrogen (secondary N) is 1. The van der Waals surface area contributed by atoms with Crippen LogP contribution in [0.15, 0.2) is 0 Å². The molecule has 2 fully saturated rings. The Morgan fingerprint density at radius 3 is 2.88 bits per heavy atom. The Bertz CT molecular complexity index is 263. The molecule has 0 radical (unpaired) electrons. The molecule has 3 N–H and O–H groups in total. The molecule has 2 unspecified atom stereocenters. The zero-order chi connectivity index (χ0) is 12.3. The van der Waals surface area contributed by atoms with Gasteiger partial charge in [0.05, 0.1) is 6.54 Å². The van der Waals surface area contributed by atoms with Crippen LogP contribution in [0.2, 0.25) is 0 Å². The van der Waals surface area contributed by atoms with Crippen molar-refractivity contribution in [3.8, 4) is 0 Å². The first-order valence-corrected chi connectivity index (χ1v) is 6.90. The van der Waals surface area contributed by atoms with Crippen LogP contribution >= 0.6 is 0 Å². The maximum atomic E-state index is 11.7. The molecular formula is C13H25N3O. The van der Waals surface area contributed by atoms with Crippen LogP contribution in [0.1, 0.15) is 32.6 Å². The van der Waals surface area contributed by atoms with Crippen LogP contribution < -0.4 is 11.1 Å². The molecule has 0 aromatic heterocycles. The first-order chi connectivity index (χ1) is 8.15. The quantitative estimate of drug-likeness (QED) is 0.737. The van der Waals surface area contributed by atoms with Crippen molar-refractivity contribution in [1.29, 1.82) is 0 Å². The third kappa shape index (κ3) is 4.28. The normalized spacial score (nSPS) is 27.8. The third-order valence-corrected chi connectivity index (χ3v) is 3.94. The first kappa shape index (κ1) is 12.8. The largest absolute Gasteiger partial charge is 0.355 e. The Balaban J connectivity index is 1.67. The smallest absolute Gasteiger partial charge is 0.234 e. The molecule has 1 saturated carbocycles. The summed E-state index contributed by atoms with van der Waals surface area (Å²) in [5, 5.41) is 3.02. The van der Waals surface area contributed by atoms with Crippen molar-refractivity contribution in [2.45, 2.75) is 38.6 Å². The van der Waals surface area contributed by atoms with Gasteiger partial charge in [-0.05, 0) is 51.0 Å². The number of rotatable bonds is 5. The molecule has 0 spiro atoms. The Labute approximate surface area is 104 Å². The highest BCUT2D eigenvalue weighted by molar-refractivity contribution is 5.78. The summed E-state index contributed by atoms with van der Waals surface area (Å²) in [6, 6.07) is 0.243. The van der Waals surface area contributed by atoms with Gasteiger partial charge in [0, 0.05) is 19.1 Å². The van der Waals surface area contributed by atoms with Crippen LogP contribution in [0.5, 0.6) is 0 Å². The summed E-state index contributed by atoms with van der Waals surface area (Å²) in [6.45, 7) is 5.52. The second-order valence-corrected chi connectivity index (χ2v) is 5.74. The highest BCUT2D eigenvalue weighted by Gasteiger charge is 2.25. The maximum absolute atomic E-state index is 11.7. The van der Waals surface area contributed by atoms with E-state index in [9.17, 15) is 4.79 Å². The number of amides is 1. The molecule has 1 aliphatic heterocycles. The molecule has 17 heavy (non-hydrogen) atoms. The van der Waals surface area contributed by atoms with Gasteiger partial charge < -0.3 is 11.1 Å². The van der Waals surface area contributed by atoms with E-state index in [0.717, 1.165) is 25.6 Å². The van der Waals surface area contributed by atoms with E-state index in [1.54, 1.807) is 0 Å². The van der Waals surface area contributed by atoms with E-state index in [2.05, 4.69) is 17.1 Å². The van der Waals surface area contributed by atoms with Crippen LogP contribution in [0, 0.1) is 11.8 Å². The van der Waals surface area contributed by atoms with Gasteiger partial charge in [-0.3, -0.25) is 9.69 Å². The summed E-state index contributed by atoms with van der Waals surface area (Å²) in [7, 11) is 0. The van der Waals surface area contributed by atoms with Crippen molar-refractivity contribution >= 4 is 5.91 Å². The van der Waals surface area contributed by atoms with Gasteiger partial charge in [0.1, 0.15) is 0 Å². The Hall–Kier alpha value is -0.610. The van der Waals surface area contributed by atoms with Crippen molar-refractivity contribution in [2.75, 3.05) is 26.2 Å². The highest BCUT2D eigenvalue weighted by Crippen LogP contribution is 2.27. The monoisotopic (exact) mass is 239 g/mol. The van der Waals surface area contributed by atoms with Crippen LogP contribution in [-0.4, -0.2) is 43.0 Å². The lowest BCUT2D eigenvalue weighted by Crippen LogP contribution is -2.46. The standard InChI is InChI=1S/C13H25N3O/c1-10(14)12-3-2-6-16(8-12)9-13(17)15-7-11-4-5-11/h10-12H,2-9,14H2,1H3,(H,15,17). The van der Waals surface area contributed by atoms with Crippen molar-refractivity contribution < 1.29 is 4.79 Å². The van der Waals surface area contributed by atoms with Crippen LogP contribution in [0.25, 0.3) is 0 Å². The van der Waals surface area contributed by atoms with Crippen molar-refractivity contribution in [2.24, 2.45) is 17.6 Å². The summed E-state index contributed by atoms with van der Waals surface area (Å²) in [4.78, 5) is 14.0. The predicted molar refractivity (Wildman–Crippen MR) is 68.5 cm³/mol. The van der Waals surface area contributed by atoms with Gasteiger partial charge in [-0.25, -0.2) is 0 Å². The molecule has 1 saturated heterocycles. The van der Waals surface area contributed by atoms with E-state index < -0.39 is 0 Å². The van der Waals surface area contributed by atoms with Crippen LogP contribution in [0.3, 0.4) is 0 Å². The number of nitrogens with two attached hydrogens (primary N) is 1. The zero-order valence-corrected chi connectivity index (χ0v) is 10.8. The van der Waals surface area contributed by atoms with Crippen LogP contribution in [0.4, 0.5) is 0 Å². The number of carbonyl (C=O) groups is 1. The first-order valence-electron chi connectivity index (χ1n) is 6.90. The Morgan fingerprint density at radius 2 is 2.24 bits per heavy atom. The van der Waals surface area contributed by atoms with Crippen molar-refractivity contribution in [3.05, 3.63) is 0 Å². The van der Waals surface area contributed by atoms with Crippen molar-refractivity contribution in [3.63, 3.8) is 0 Å². The van der Waals surface area contributed by atoms with Gasteiger partial charge in [0.25, 0.3) is 0 Å². The second kappa shape index (κ2) is 5.83. The average Bonchev–Trinajstić information content (AvgIpc) is 3.10. The average molecular weight is 239 g/mol. The van der Waals surface area contributed by atoms with E-state index in [4.69, 9.17) is 5.73 Å². The van der Waals surface area contributed by atoms with E-state index in [0.29, 0.717) is 12.5 Å². The second-order valence-electron chi connectivity index (χ2n) is 5.74. The number of piperidine rings is 1. The maximum Gasteiger partial charge on any atom is 0.234 e. The zero-order valence-electron chi connectivity index (χ0n) is 10.8. The van der Waals surface area contributed by atoms with E-state index >= 15 is 0 Å². The Kier molecular flexibility index (Phi) is 4.40. The van der Waals surface area contributed by atoms with Crippen molar-refractivity contribution in [1.82, 2.24) is 10.2 Å². The lowest BCUT2D eigenvalue weighted by molar-refractivity contribution is -0.122. The molecule has 1 heterocycles. The fourth-order valence-corrected chi connectivity index (χ4v) is 2.50. The van der Waals surface area contributed by atoms with Gasteiger partial charge >= 0.3 is 0 Å². The van der Waals surface area contributed by atoms with Gasteiger partial charge in [-0.2, -0.15) is 0 Å². The number of nitrogens with zero attached hydrogens (tertiary/aromatic N) is 1. The van der Waals surface area contributed by atoms with E-state index in [1.165, 1.54) is 25.7 Å². The topological polar surface area (TPSA) is 58.4 Å². The number of carbonyl (C=O) groups excluding carboxylic acids is 1. The molecule has 1 amide bonds. The SMILES string of the molecule is CC(N)C1CCCN(CC(=O)NCC2CC2)C1. The summed E-state index contributed by atoms with van der Waals surface area (Å²) in [6.07, 6.45) is 4.95. The molecule has 2 atom stereocenters. The highest BCUT2D eigenvalue weighted by atomic mass is 16.2.